The molecular weight excluding hydrogens is 342 g/mol. The fraction of sp³-hybridized carbons (Fsp3) is 0.588. The van der Waals surface area contributed by atoms with Crippen molar-refractivity contribution in [3.63, 3.8) is 0 Å². The Balaban J connectivity index is 1.45. The third kappa shape index (κ3) is 4.85. The maximum Gasteiger partial charge on any atom is 0.275 e. The Kier molecular flexibility index (Phi) is 5.48. The van der Waals surface area contributed by atoms with Crippen molar-refractivity contribution in [2.24, 2.45) is 0 Å². The van der Waals surface area contributed by atoms with E-state index in [-0.39, 0.29) is 23.5 Å². The van der Waals surface area contributed by atoms with Crippen molar-refractivity contribution in [3.8, 4) is 5.75 Å². The summed E-state index contributed by atoms with van der Waals surface area (Å²) in [5, 5.41) is 2.87. The minimum Gasteiger partial charge on any atom is -0.497 e. The second-order valence-corrected chi connectivity index (χ2v) is 9.01. The molecule has 8 heteroatoms. The molecule has 1 aromatic carbocycles. The lowest BCUT2D eigenvalue weighted by Gasteiger charge is -2.33. The van der Waals surface area contributed by atoms with Crippen LogP contribution in [-0.4, -0.2) is 71.7 Å². The van der Waals surface area contributed by atoms with Crippen LogP contribution in [0.15, 0.2) is 24.3 Å². The molecule has 2 fully saturated rings. The molecule has 0 spiro atoms. The van der Waals surface area contributed by atoms with Gasteiger partial charge in [-0.05, 0) is 18.6 Å². The van der Waals surface area contributed by atoms with Gasteiger partial charge in [-0.3, -0.25) is 4.79 Å². The minimum absolute atomic E-state index is 0.0491. The summed E-state index contributed by atoms with van der Waals surface area (Å²) in [5.74, 6) is 1.06. The molecule has 7 nitrogen and oxygen atoms in total. The molecule has 0 unspecified atom stereocenters. The van der Waals surface area contributed by atoms with Crippen molar-refractivity contribution in [1.29, 1.82) is 0 Å². The third-order valence-corrected chi connectivity index (χ3v) is 6.67. The summed E-state index contributed by atoms with van der Waals surface area (Å²) >= 11 is 0. The number of amides is 1. The Morgan fingerprint density at radius 2 is 2.12 bits per heavy atom. The molecule has 2 N–H and O–H groups in total. The summed E-state index contributed by atoms with van der Waals surface area (Å²) in [7, 11) is -1.29. The Morgan fingerprint density at radius 3 is 2.76 bits per heavy atom. The number of rotatable bonds is 5. The summed E-state index contributed by atoms with van der Waals surface area (Å²) in [6, 6.07) is 7.79. The van der Waals surface area contributed by atoms with E-state index < -0.39 is 9.84 Å². The molecule has 0 bridgehead atoms. The molecule has 25 heavy (non-hydrogen) atoms. The zero-order chi connectivity index (χ0) is 17.9. The molecule has 0 saturated carbocycles. The Hall–Kier alpha value is -1.80. The van der Waals surface area contributed by atoms with Gasteiger partial charge in [-0.1, -0.05) is 6.07 Å². The van der Waals surface area contributed by atoms with Gasteiger partial charge in [-0.25, -0.2) is 8.42 Å². The van der Waals surface area contributed by atoms with Crippen LogP contribution in [0.1, 0.15) is 6.42 Å². The third-order valence-electron chi connectivity index (χ3n) is 4.90. The van der Waals surface area contributed by atoms with Gasteiger partial charge in [0, 0.05) is 17.8 Å². The monoisotopic (exact) mass is 368 g/mol. The fourth-order valence-electron chi connectivity index (χ4n) is 3.48. The zero-order valence-corrected chi connectivity index (χ0v) is 15.3. The summed E-state index contributed by atoms with van der Waals surface area (Å²) in [5.41, 5.74) is 1.14. The van der Waals surface area contributed by atoms with Crippen LogP contribution < -0.4 is 19.9 Å². The molecule has 2 saturated heterocycles. The molecule has 2 aliphatic heterocycles. The number of carbonyl (C=O) groups is 1. The number of carbonyl (C=O) groups excluding carboxylic acids is 1. The molecule has 2 heterocycles. The van der Waals surface area contributed by atoms with Crippen LogP contribution in [0.3, 0.4) is 0 Å². The number of ether oxygens (including phenoxy) is 1. The van der Waals surface area contributed by atoms with Gasteiger partial charge >= 0.3 is 0 Å². The van der Waals surface area contributed by atoms with Gasteiger partial charge in [-0.15, -0.1) is 0 Å². The van der Waals surface area contributed by atoms with E-state index in [4.69, 9.17) is 4.74 Å². The Labute approximate surface area is 148 Å². The smallest absolute Gasteiger partial charge is 0.275 e. The van der Waals surface area contributed by atoms with Gasteiger partial charge in [0.15, 0.2) is 16.4 Å². The van der Waals surface area contributed by atoms with E-state index in [9.17, 15) is 13.2 Å². The van der Waals surface area contributed by atoms with Crippen molar-refractivity contribution < 1.29 is 22.8 Å². The first kappa shape index (κ1) is 18.0. The van der Waals surface area contributed by atoms with E-state index in [0.29, 0.717) is 13.0 Å². The van der Waals surface area contributed by atoms with Gasteiger partial charge < -0.3 is 19.9 Å². The molecule has 138 valence electrons. The number of sulfone groups is 1. The normalized spacial score (nSPS) is 23.4. The minimum atomic E-state index is -2.96. The average molecular weight is 368 g/mol. The topological polar surface area (TPSA) is 80.2 Å². The van der Waals surface area contributed by atoms with Crippen LogP contribution in [0.5, 0.6) is 5.75 Å². The Bertz CT molecular complexity index is 714. The lowest BCUT2D eigenvalue weighted by atomic mass is 10.2. The van der Waals surface area contributed by atoms with E-state index in [0.717, 1.165) is 37.6 Å². The standard InChI is InChI=1S/C17H25N3O4S/c1-24-16-4-2-3-15(11-16)20-8-6-19(7-9-20)12-17(21)18-14-5-10-25(22,23)13-14/h2-4,11,14H,5-10,12-13H2,1H3,(H,18,21)/p+1/t14-/m0/s1. The lowest BCUT2D eigenvalue weighted by molar-refractivity contribution is -0.892. The molecule has 0 aromatic heterocycles. The van der Waals surface area contributed by atoms with E-state index in [1.54, 1.807) is 7.11 Å². The zero-order valence-electron chi connectivity index (χ0n) is 14.5. The molecule has 1 atom stereocenters. The number of nitrogens with zero attached hydrogens (tertiary/aromatic N) is 1. The van der Waals surface area contributed by atoms with Gasteiger partial charge in [0.1, 0.15) is 5.75 Å². The highest BCUT2D eigenvalue weighted by molar-refractivity contribution is 7.91. The molecule has 2 aliphatic rings. The number of quaternary nitrogens is 1. The van der Waals surface area contributed by atoms with Gasteiger partial charge in [0.2, 0.25) is 0 Å². The predicted molar refractivity (Wildman–Crippen MR) is 96.0 cm³/mol. The molecular formula is C17H26N3O4S+. The first-order chi connectivity index (χ1) is 11.9. The maximum absolute atomic E-state index is 12.2. The number of hydrogen-bond donors (Lipinski definition) is 2. The number of methoxy groups -OCH3 is 1. The largest absolute Gasteiger partial charge is 0.497 e. The summed E-state index contributed by atoms with van der Waals surface area (Å²) in [6.45, 7) is 3.94. The number of piperazine rings is 1. The predicted octanol–water partition coefficient (Wildman–Crippen LogP) is -1.30. The maximum atomic E-state index is 12.2. The first-order valence-electron chi connectivity index (χ1n) is 8.67. The second-order valence-electron chi connectivity index (χ2n) is 6.78. The van der Waals surface area contributed by atoms with Crippen LogP contribution in [0.2, 0.25) is 0 Å². The van der Waals surface area contributed by atoms with E-state index in [1.807, 2.05) is 18.2 Å². The number of nitrogens with one attached hydrogen (secondary N) is 2. The molecule has 3 rings (SSSR count). The summed E-state index contributed by atoms with van der Waals surface area (Å²) < 4.78 is 28.2. The number of anilines is 1. The van der Waals surface area contributed by atoms with Crippen LogP contribution >= 0.6 is 0 Å². The van der Waals surface area contributed by atoms with Gasteiger partial charge in [0.25, 0.3) is 5.91 Å². The van der Waals surface area contributed by atoms with Crippen molar-refractivity contribution in [3.05, 3.63) is 24.3 Å². The fourth-order valence-corrected chi connectivity index (χ4v) is 5.15. The van der Waals surface area contributed by atoms with E-state index in [2.05, 4.69) is 16.3 Å². The highest BCUT2D eigenvalue weighted by atomic mass is 32.2. The van der Waals surface area contributed by atoms with E-state index in [1.165, 1.54) is 4.90 Å². The van der Waals surface area contributed by atoms with Gasteiger partial charge in [0.05, 0.1) is 44.8 Å². The SMILES string of the molecule is COc1cccc(N2CC[NH+](CC(=O)N[C@H]3CCS(=O)(=O)C3)CC2)c1. The summed E-state index contributed by atoms with van der Waals surface area (Å²) in [4.78, 5) is 15.7. The number of hydrogen-bond acceptors (Lipinski definition) is 5. The van der Waals surface area contributed by atoms with Crippen molar-refractivity contribution in [2.45, 2.75) is 12.5 Å². The van der Waals surface area contributed by atoms with Crippen LogP contribution in [0, 0.1) is 0 Å². The van der Waals surface area contributed by atoms with Crippen LogP contribution in [0.4, 0.5) is 5.69 Å². The highest BCUT2D eigenvalue weighted by Gasteiger charge is 2.30. The molecule has 0 aliphatic carbocycles. The molecule has 1 amide bonds. The van der Waals surface area contributed by atoms with Crippen molar-refractivity contribution in [1.82, 2.24) is 5.32 Å². The summed E-state index contributed by atoms with van der Waals surface area (Å²) in [6.07, 6.45) is 0.535. The van der Waals surface area contributed by atoms with Crippen LogP contribution in [-0.2, 0) is 14.6 Å². The van der Waals surface area contributed by atoms with E-state index >= 15 is 0 Å². The highest BCUT2D eigenvalue weighted by Crippen LogP contribution is 2.20. The lowest BCUT2D eigenvalue weighted by Crippen LogP contribution is -3.16. The molecule has 1 aromatic rings. The van der Waals surface area contributed by atoms with Gasteiger partial charge in [-0.2, -0.15) is 0 Å². The Morgan fingerprint density at radius 1 is 1.36 bits per heavy atom. The number of benzene rings is 1. The molecule has 0 radical (unpaired) electrons. The van der Waals surface area contributed by atoms with Crippen molar-refractivity contribution >= 4 is 21.4 Å². The quantitative estimate of drug-likeness (QED) is 0.676. The van der Waals surface area contributed by atoms with Crippen molar-refractivity contribution in [2.75, 3.05) is 56.2 Å². The second kappa shape index (κ2) is 7.61. The average Bonchev–Trinajstić information content (AvgIpc) is 2.94. The van der Waals surface area contributed by atoms with Crippen LogP contribution in [0.25, 0.3) is 0 Å². The first-order valence-corrected chi connectivity index (χ1v) is 10.5.